The van der Waals surface area contributed by atoms with E-state index in [0.717, 1.165) is 13.6 Å². The maximum atomic E-state index is 12.3. The van der Waals surface area contributed by atoms with Crippen LogP contribution in [0, 0.1) is 14.4 Å². The number of rotatable bonds is 2. The highest BCUT2D eigenvalue weighted by Crippen LogP contribution is 2.62. The summed E-state index contributed by atoms with van der Waals surface area (Å²) in [5.41, 5.74) is 1.07. The summed E-state index contributed by atoms with van der Waals surface area (Å²) in [5, 5.41) is 3.15. The Morgan fingerprint density at radius 2 is 1.83 bits per heavy atom. The van der Waals surface area contributed by atoms with Crippen molar-refractivity contribution >= 4 is 44.4 Å². The maximum absolute atomic E-state index is 12.3. The fraction of sp³-hybridized carbons (Fsp3) is 0.500. The lowest BCUT2D eigenvalue weighted by atomic mass is 10.0. The first-order valence-corrected chi connectivity index (χ1v) is 7.81. The Morgan fingerprint density at radius 3 is 2.33 bits per heavy atom. The first-order chi connectivity index (χ1) is 8.18. The van der Waals surface area contributed by atoms with Crippen LogP contribution < -0.4 is 5.32 Å². The van der Waals surface area contributed by atoms with Gasteiger partial charge in [-0.15, -0.1) is 0 Å². The van der Waals surface area contributed by atoms with Crippen LogP contribution in [0.4, 0.5) is 0 Å². The Bertz CT molecular complexity index is 497. The van der Waals surface area contributed by atoms with E-state index < -0.39 is 0 Å². The molecular weight excluding hydrogens is 405 g/mol. The van der Waals surface area contributed by atoms with Crippen molar-refractivity contribution in [3.63, 3.8) is 0 Å². The Balaban J connectivity index is 2.17. The van der Waals surface area contributed by atoms with Gasteiger partial charge in [0, 0.05) is 14.1 Å². The highest BCUT2D eigenvalue weighted by molar-refractivity contribution is 14.1. The van der Waals surface area contributed by atoms with Crippen LogP contribution >= 0.6 is 38.5 Å². The number of carbonyl (C=O) groups is 1. The van der Waals surface area contributed by atoms with Gasteiger partial charge in [-0.3, -0.25) is 4.79 Å². The molecule has 0 atom stereocenters. The number of carbonyl (C=O) groups excluding carboxylic acids is 1. The van der Waals surface area contributed by atoms with Crippen molar-refractivity contribution in [1.82, 2.24) is 5.32 Å². The Kier molecular flexibility index (Phi) is 3.56. The third kappa shape index (κ3) is 2.22. The fourth-order valence-electron chi connectivity index (χ4n) is 2.44. The summed E-state index contributed by atoms with van der Waals surface area (Å²) in [4.78, 5) is 12.3. The van der Waals surface area contributed by atoms with Crippen LogP contribution in [0.1, 0.15) is 38.1 Å². The average Bonchev–Trinajstić information content (AvgIpc) is 2.64. The van der Waals surface area contributed by atoms with E-state index >= 15 is 0 Å². The molecule has 0 bridgehead atoms. The van der Waals surface area contributed by atoms with E-state index in [1.54, 1.807) is 0 Å². The topological polar surface area (TPSA) is 29.1 Å². The lowest BCUT2D eigenvalue weighted by molar-refractivity contribution is 0.0942. The highest BCUT2D eigenvalue weighted by Gasteiger charge is 2.65. The van der Waals surface area contributed by atoms with Crippen LogP contribution in [0.3, 0.4) is 0 Å². The molecule has 0 spiro atoms. The normalized spacial score (nSPS) is 20.6. The lowest BCUT2D eigenvalue weighted by Gasteiger charge is -2.09. The smallest absolute Gasteiger partial charge is 0.252 e. The predicted octanol–water partition coefficient (Wildman–Crippen LogP) is 4.22. The molecule has 0 aliphatic heterocycles. The Morgan fingerprint density at radius 1 is 1.28 bits per heavy atom. The predicted molar refractivity (Wildman–Crippen MR) is 85.7 cm³/mol. The van der Waals surface area contributed by atoms with Gasteiger partial charge in [-0.2, -0.15) is 0 Å². The molecule has 1 saturated carbocycles. The van der Waals surface area contributed by atoms with Crippen molar-refractivity contribution in [3.8, 4) is 0 Å². The van der Waals surface area contributed by atoms with E-state index in [1.807, 2.05) is 18.2 Å². The van der Waals surface area contributed by atoms with Crippen molar-refractivity contribution < 1.29 is 4.79 Å². The molecule has 4 heteroatoms. The minimum atomic E-state index is 0.0179. The quantitative estimate of drug-likeness (QED) is 0.711. The number of halogens is 2. The molecule has 1 amide bonds. The number of amides is 1. The minimum Gasteiger partial charge on any atom is -0.348 e. The van der Waals surface area contributed by atoms with Gasteiger partial charge in [-0.05, 0) is 51.6 Å². The Hall–Kier alpha value is -0.100. The van der Waals surface area contributed by atoms with Gasteiger partial charge in [-0.25, -0.2) is 0 Å². The van der Waals surface area contributed by atoms with E-state index in [4.69, 9.17) is 0 Å². The third-order valence-electron chi connectivity index (χ3n) is 4.47. The molecule has 2 rings (SSSR count). The zero-order chi connectivity index (χ0) is 13.7. The maximum Gasteiger partial charge on any atom is 0.252 e. The van der Waals surface area contributed by atoms with Crippen LogP contribution in [-0.2, 0) is 0 Å². The van der Waals surface area contributed by atoms with E-state index in [9.17, 15) is 4.79 Å². The highest BCUT2D eigenvalue weighted by atomic mass is 127. The van der Waals surface area contributed by atoms with Gasteiger partial charge >= 0.3 is 0 Å². The second-order valence-electron chi connectivity index (χ2n) is 5.97. The molecule has 0 radical (unpaired) electrons. The number of benzene rings is 1. The number of hydrogen-bond acceptors (Lipinski definition) is 1. The fourth-order valence-corrected chi connectivity index (χ4v) is 3.38. The van der Waals surface area contributed by atoms with Gasteiger partial charge in [0.1, 0.15) is 0 Å². The Labute approximate surface area is 130 Å². The molecule has 18 heavy (non-hydrogen) atoms. The molecule has 0 heterocycles. The van der Waals surface area contributed by atoms with E-state index in [-0.39, 0.29) is 22.8 Å². The molecule has 0 aromatic heterocycles. The van der Waals surface area contributed by atoms with Crippen LogP contribution in [0.25, 0.3) is 0 Å². The molecule has 1 N–H and O–H groups in total. The van der Waals surface area contributed by atoms with Gasteiger partial charge in [-0.1, -0.05) is 43.6 Å². The van der Waals surface area contributed by atoms with E-state index in [2.05, 4.69) is 71.5 Å². The summed E-state index contributed by atoms with van der Waals surface area (Å²) in [6, 6.07) is 6.01. The standard InChI is InChI=1S/C14H17BrINO/c1-13(2)12(14(13,3)4)17-11(18)9-7-8(15)5-6-10(9)16/h5-7,12H,1-4H3,(H,17,18). The van der Waals surface area contributed by atoms with Gasteiger partial charge in [0.15, 0.2) is 0 Å². The first kappa shape index (κ1) is 14.3. The zero-order valence-electron chi connectivity index (χ0n) is 11.0. The molecule has 1 aromatic carbocycles. The molecule has 98 valence electrons. The van der Waals surface area contributed by atoms with E-state index in [0.29, 0.717) is 0 Å². The summed E-state index contributed by atoms with van der Waals surface area (Å²) in [5.74, 6) is 0.0179. The zero-order valence-corrected chi connectivity index (χ0v) is 14.7. The van der Waals surface area contributed by atoms with Crippen molar-refractivity contribution in [1.29, 1.82) is 0 Å². The largest absolute Gasteiger partial charge is 0.348 e. The molecule has 0 unspecified atom stereocenters. The van der Waals surface area contributed by atoms with Gasteiger partial charge in [0.2, 0.25) is 0 Å². The molecular formula is C14H17BrINO. The van der Waals surface area contributed by atoms with Crippen molar-refractivity contribution in [3.05, 3.63) is 31.8 Å². The summed E-state index contributed by atoms with van der Waals surface area (Å²) >= 11 is 5.60. The summed E-state index contributed by atoms with van der Waals surface area (Å²) in [7, 11) is 0. The lowest BCUT2D eigenvalue weighted by Crippen LogP contribution is -2.30. The summed E-state index contributed by atoms with van der Waals surface area (Å²) in [6.07, 6.45) is 0. The molecule has 0 saturated heterocycles. The molecule has 1 fully saturated rings. The first-order valence-electron chi connectivity index (χ1n) is 5.94. The second kappa shape index (κ2) is 4.47. The van der Waals surface area contributed by atoms with Crippen molar-refractivity contribution in [2.24, 2.45) is 10.8 Å². The van der Waals surface area contributed by atoms with Gasteiger partial charge < -0.3 is 5.32 Å². The van der Waals surface area contributed by atoms with E-state index in [1.165, 1.54) is 0 Å². The van der Waals surface area contributed by atoms with Crippen LogP contribution in [-0.4, -0.2) is 11.9 Å². The van der Waals surface area contributed by atoms with Crippen LogP contribution in [0.5, 0.6) is 0 Å². The average molecular weight is 422 g/mol. The number of hydrogen-bond donors (Lipinski definition) is 1. The van der Waals surface area contributed by atoms with Crippen LogP contribution in [0.2, 0.25) is 0 Å². The molecule has 2 nitrogen and oxygen atoms in total. The van der Waals surface area contributed by atoms with Crippen LogP contribution in [0.15, 0.2) is 22.7 Å². The second-order valence-corrected chi connectivity index (χ2v) is 8.05. The van der Waals surface area contributed by atoms with Crippen molar-refractivity contribution in [2.45, 2.75) is 33.7 Å². The summed E-state index contributed by atoms with van der Waals surface area (Å²) < 4.78 is 1.91. The van der Waals surface area contributed by atoms with Gasteiger partial charge in [0.05, 0.1) is 5.56 Å². The monoisotopic (exact) mass is 421 g/mol. The molecule has 1 aliphatic rings. The van der Waals surface area contributed by atoms with Crippen molar-refractivity contribution in [2.75, 3.05) is 0 Å². The number of nitrogens with one attached hydrogen (secondary N) is 1. The minimum absolute atomic E-state index is 0.0179. The molecule has 1 aliphatic carbocycles. The third-order valence-corrected chi connectivity index (χ3v) is 5.90. The van der Waals surface area contributed by atoms with Gasteiger partial charge in [0.25, 0.3) is 5.91 Å². The summed E-state index contributed by atoms with van der Waals surface area (Å²) in [6.45, 7) is 8.79. The molecule has 1 aromatic rings. The SMILES string of the molecule is CC1(C)C(NC(=O)c2cc(Br)ccc2I)C1(C)C.